The second kappa shape index (κ2) is 7.20. The molecule has 0 atom stereocenters. The molecule has 3 nitrogen and oxygen atoms in total. The fraction of sp³-hybridized carbons (Fsp3) is 0.267. The molecule has 1 heterocycles. The lowest BCUT2D eigenvalue weighted by atomic mass is 10.2. The molecule has 0 amide bonds. The van der Waals surface area contributed by atoms with E-state index in [9.17, 15) is 13.2 Å². The molecule has 2 aromatic rings. The van der Waals surface area contributed by atoms with E-state index < -0.39 is 9.84 Å². The van der Waals surface area contributed by atoms with Gasteiger partial charge in [-0.2, -0.15) is 0 Å². The summed E-state index contributed by atoms with van der Waals surface area (Å²) >= 11 is 6.90. The normalized spacial score (nSPS) is 10.7. The van der Waals surface area contributed by atoms with Crippen LogP contribution in [0.15, 0.2) is 39.4 Å². The predicted molar refractivity (Wildman–Crippen MR) is 87.3 cm³/mol. The second-order valence-corrected chi connectivity index (χ2v) is 7.30. The Kier molecular flexibility index (Phi) is 6.13. The zero-order chi connectivity index (χ0) is 16.2. The SMILES string of the molecule is CC.CC(=O)c1scc(S(=O)(=O)c2ccc(Cl)cc2)c1C. The Morgan fingerprint density at radius 1 is 1.14 bits per heavy atom. The van der Waals surface area contributed by atoms with Crippen LogP contribution >= 0.6 is 22.9 Å². The summed E-state index contributed by atoms with van der Waals surface area (Å²) in [5.41, 5.74) is 0.507. The van der Waals surface area contributed by atoms with E-state index in [1.165, 1.54) is 36.6 Å². The minimum Gasteiger partial charge on any atom is -0.294 e. The Hall–Kier alpha value is -1.17. The first-order valence-corrected chi connectivity index (χ1v) is 9.18. The average Bonchev–Trinajstić information content (AvgIpc) is 2.84. The lowest BCUT2D eigenvalue weighted by Gasteiger charge is -2.04. The molecule has 0 saturated heterocycles. The molecule has 0 aliphatic carbocycles. The summed E-state index contributed by atoms with van der Waals surface area (Å²) in [7, 11) is -3.60. The largest absolute Gasteiger partial charge is 0.294 e. The van der Waals surface area contributed by atoms with Crippen molar-refractivity contribution < 1.29 is 13.2 Å². The van der Waals surface area contributed by atoms with Crippen LogP contribution in [0.4, 0.5) is 0 Å². The molecule has 0 unspecified atom stereocenters. The smallest absolute Gasteiger partial charge is 0.207 e. The summed E-state index contributed by atoms with van der Waals surface area (Å²) in [5.74, 6) is -0.125. The minimum atomic E-state index is -3.60. The molecule has 0 aliphatic heterocycles. The molecule has 114 valence electrons. The maximum Gasteiger partial charge on any atom is 0.207 e. The number of Topliss-reactive ketones (excluding diaryl/α,β-unsaturated/α-hetero) is 1. The van der Waals surface area contributed by atoms with Gasteiger partial charge in [-0.1, -0.05) is 25.4 Å². The molecule has 0 saturated carbocycles. The van der Waals surface area contributed by atoms with Crippen LogP contribution in [0.3, 0.4) is 0 Å². The molecule has 2 rings (SSSR count). The van der Waals surface area contributed by atoms with Gasteiger partial charge in [0.1, 0.15) is 0 Å². The Bertz CT molecular complexity index is 729. The number of thiophene rings is 1. The Morgan fingerprint density at radius 2 is 1.67 bits per heavy atom. The molecule has 0 N–H and O–H groups in total. The van der Waals surface area contributed by atoms with Crippen molar-refractivity contribution in [3.05, 3.63) is 45.1 Å². The van der Waals surface area contributed by atoms with E-state index in [1.807, 2.05) is 13.8 Å². The molecular formula is C15H17ClO3S2. The fourth-order valence-electron chi connectivity index (χ4n) is 1.75. The molecule has 1 aromatic carbocycles. The van der Waals surface area contributed by atoms with Crippen LogP contribution in [0.2, 0.25) is 5.02 Å². The fourth-order valence-corrected chi connectivity index (χ4v) is 4.70. The van der Waals surface area contributed by atoms with Crippen LogP contribution in [0, 0.1) is 6.92 Å². The van der Waals surface area contributed by atoms with Crippen molar-refractivity contribution >= 4 is 38.6 Å². The molecular weight excluding hydrogens is 328 g/mol. The first kappa shape index (κ1) is 17.9. The van der Waals surface area contributed by atoms with Gasteiger partial charge in [0.15, 0.2) is 5.78 Å². The third-order valence-corrected chi connectivity index (χ3v) is 6.21. The number of ketones is 1. The Labute approximate surface area is 134 Å². The monoisotopic (exact) mass is 344 g/mol. The van der Waals surface area contributed by atoms with Gasteiger partial charge in [0, 0.05) is 10.4 Å². The minimum absolute atomic E-state index is 0.125. The zero-order valence-corrected chi connectivity index (χ0v) is 14.7. The number of rotatable bonds is 3. The molecule has 21 heavy (non-hydrogen) atoms. The van der Waals surface area contributed by atoms with Crippen molar-refractivity contribution in [1.82, 2.24) is 0 Å². The van der Waals surface area contributed by atoms with Gasteiger partial charge >= 0.3 is 0 Å². The molecule has 0 bridgehead atoms. The Morgan fingerprint density at radius 3 is 2.10 bits per heavy atom. The quantitative estimate of drug-likeness (QED) is 0.753. The number of hydrogen-bond donors (Lipinski definition) is 0. The third kappa shape index (κ3) is 3.73. The maximum atomic E-state index is 12.5. The highest BCUT2D eigenvalue weighted by molar-refractivity contribution is 7.91. The van der Waals surface area contributed by atoms with Crippen molar-refractivity contribution in [2.24, 2.45) is 0 Å². The van der Waals surface area contributed by atoms with Crippen molar-refractivity contribution in [1.29, 1.82) is 0 Å². The summed E-state index contributed by atoms with van der Waals surface area (Å²) in [6, 6.07) is 5.98. The number of benzene rings is 1. The average molecular weight is 345 g/mol. The number of halogens is 1. The third-order valence-electron chi connectivity index (χ3n) is 2.73. The topological polar surface area (TPSA) is 51.2 Å². The highest BCUT2D eigenvalue weighted by Crippen LogP contribution is 2.31. The van der Waals surface area contributed by atoms with Crippen LogP contribution in [0.25, 0.3) is 0 Å². The summed E-state index contributed by atoms with van der Waals surface area (Å²) in [4.78, 5) is 12.2. The molecule has 0 fully saturated rings. The lowest BCUT2D eigenvalue weighted by Crippen LogP contribution is -2.03. The van der Waals surface area contributed by atoms with Crippen LogP contribution in [-0.2, 0) is 9.84 Å². The summed E-state index contributed by atoms with van der Waals surface area (Å²) in [6.07, 6.45) is 0. The van der Waals surface area contributed by atoms with E-state index in [-0.39, 0.29) is 15.6 Å². The van der Waals surface area contributed by atoms with Gasteiger partial charge in [-0.25, -0.2) is 8.42 Å². The first-order chi connectivity index (χ1) is 9.84. The molecule has 0 radical (unpaired) electrons. The van der Waals surface area contributed by atoms with E-state index in [2.05, 4.69) is 0 Å². The van der Waals surface area contributed by atoms with Crippen molar-refractivity contribution in [3.63, 3.8) is 0 Å². The van der Waals surface area contributed by atoms with E-state index >= 15 is 0 Å². The van der Waals surface area contributed by atoms with Crippen LogP contribution < -0.4 is 0 Å². The van der Waals surface area contributed by atoms with Crippen LogP contribution in [-0.4, -0.2) is 14.2 Å². The van der Waals surface area contributed by atoms with Crippen molar-refractivity contribution in [2.75, 3.05) is 0 Å². The second-order valence-electron chi connectivity index (χ2n) is 4.07. The number of sulfone groups is 1. The van der Waals surface area contributed by atoms with Gasteiger partial charge in [0.2, 0.25) is 9.84 Å². The number of carbonyl (C=O) groups excluding carboxylic acids is 1. The van der Waals surface area contributed by atoms with Gasteiger partial charge < -0.3 is 0 Å². The van der Waals surface area contributed by atoms with E-state index in [4.69, 9.17) is 11.6 Å². The van der Waals surface area contributed by atoms with Gasteiger partial charge in [0.05, 0.1) is 14.7 Å². The van der Waals surface area contributed by atoms with Crippen LogP contribution in [0.1, 0.15) is 36.0 Å². The van der Waals surface area contributed by atoms with E-state index in [0.717, 1.165) is 11.3 Å². The highest BCUT2D eigenvalue weighted by Gasteiger charge is 2.24. The summed E-state index contributed by atoms with van der Waals surface area (Å²) in [5, 5.41) is 1.99. The summed E-state index contributed by atoms with van der Waals surface area (Å²) in [6.45, 7) is 7.08. The molecule has 6 heteroatoms. The lowest BCUT2D eigenvalue weighted by molar-refractivity contribution is 0.102. The maximum absolute atomic E-state index is 12.5. The zero-order valence-electron chi connectivity index (χ0n) is 12.3. The van der Waals surface area contributed by atoms with Crippen molar-refractivity contribution in [2.45, 2.75) is 37.5 Å². The van der Waals surface area contributed by atoms with E-state index in [1.54, 1.807) is 6.92 Å². The molecule has 0 spiro atoms. The van der Waals surface area contributed by atoms with Crippen molar-refractivity contribution in [3.8, 4) is 0 Å². The van der Waals surface area contributed by atoms with E-state index in [0.29, 0.717) is 15.5 Å². The van der Waals surface area contributed by atoms with Gasteiger partial charge in [0.25, 0.3) is 0 Å². The van der Waals surface area contributed by atoms with Gasteiger partial charge in [-0.05, 0) is 43.7 Å². The predicted octanol–water partition coefficient (Wildman–Crippen LogP) is 4.77. The number of hydrogen-bond acceptors (Lipinski definition) is 4. The summed E-state index contributed by atoms with van der Waals surface area (Å²) < 4.78 is 24.9. The number of carbonyl (C=O) groups is 1. The van der Waals surface area contributed by atoms with Gasteiger partial charge in [-0.3, -0.25) is 4.79 Å². The molecule has 1 aromatic heterocycles. The Balaban J connectivity index is 0.00000106. The standard InChI is InChI=1S/C13H11ClO3S2.C2H6/c1-8-12(7-18-13(8)9(2)15)19(16,17)11-5-3-10(14)4-6-11;1-2/h3-7H,1-2H3;1-2H3. The van der Waals surface area contributed by atoms with Gasteiger partial charge in [-0.15, -0.1) is 11.3 Å². The first-order valence-electron chi connectivity index (χ1n) is 6.43. The highest BCUT2D eigenvalue weighted by atomic mass is 35.5. The molecule has 0 aliphatic rings. The van der Waals surface area contributed by atoms with Crippen LogP contribution in [0.5, 0.6) is 0 Å².